The summed E-state index contributed by atoms with van der Waals surface area (Å²) >= 11 is 0. The van der Waals surface area contributed by atoms with E-state index in [2.05, 4.69) is 32.2 Å². The summed E-state index contributed by atoms with van der Waals surface area (Å²) in [6.07, 6.45) is 14.0. The molecule has 1 aromatic rings. The number of hydrogen-bond acceptors (Lipinski definition) is 6. The third-order valence-corrected chi connectivity index (χ3v) is 9.13. The molecule has 1 aromatic carbocycles. The lowest BCUT2D eigenvalue weighted by molar-refractivity contribution is -0.139. The van der Waals surface area contributed by atoms with Crippen LogP contribution >= 0.6 is 0 Å². The first-order valence-electron chi connectivity index (χ1n) is 16.2. The van der Waals surface area contributed by atoms with Crippen LogP contribution in [0.25, 0.3) is 0 Å². The molecule has 0 unspecified atom stereocenters. The van der Waals surface area contributed by atoms with Gasteiger partial charge in [-0.2, -0.15) is 0 Å². The predicted molar refractivity (Wildman–Crippen MR) is 168 cm³/mol. The Bertz CT molecular complexity index is 988. The fraction of sp³-hybridized carbons (Fsp3) is 0.667. The minimum absolute atomic E-state index is 0.0691. The molecule has 2 saturated carbocycles. The number of aryl methyl sites for hydroxylation is 2. The number of ether oxygens (including phenoxy) is 3. The van der Waals surface area contributed by atoms with Gasteiger partial charge in [-0.25, -0.2) is 9.59 Å². The standard InChI is InChI=1S/C36H54O6/c1-25(2)35(38)41-20-6-9-31-23-33(30-17-15-29(16-18-30)28-13-11-27(5)12-14-28)24-32(34(31)40-22-8-19-37)10-7-21-42-36(39)26(3)4/h23-24,27-30,37H,1,3,6-22H2,2,4-5H3. The van der Waals surface area contributed by atoms with Gasteiger partial charge >= 0.3 is 11.9 Å². The predicted octanol–water partition coefficient (Wildman–Crippen LogP) is 7.65. The molecule has 0 aromatic heterocycles. The first-order chi connectivity index (χ1) is 20.2. The normalized spacial score (nSPS) is 22.3. The van der Waals surface area contributed by atoms with Crippen molar-refractivity contribution in [2.24, 2.45) is 17.8 Å². The van der Waals surface area contributed by atoms with Gasteiger partial charge in [0.2, 0.25) is 0 Å². The molecule has 2 aliphatic carbocycles. The second kappa shape index (κ2) is 17.5. The summed E-state index contributed by atoms with van der Waals surface area (Å²) in [6.45, 7) is 14.2. The van der Waals surface area contributed by atoms with Crippen molar-refractivity contribution in [1.29, 1.82) is 0 Å². The third-order valence-electron chi connectivity index (χ3n) is 9.13. The van der Waals surface area contributed by atoms with Crippen molar-refractivity contribution >= 4 is 11.9 Å². The van der Waals surface area contributed by atoms with E-state index < -0.39 is 0 Å². The van der Waals surface area contributed by atoms with Crippen molar-refractivity contribution < 1.29 is 28.9 Å². The van der Waals surface area contributed by atoms with E-state index in [0.717, 1.165) is 47.5 Å². The summed E-state index contributed by atoms with van der Waals surface area (Å²) < 4.78 is 17.0. The summed E-state index contributed by atoms with van der Waals surface area (Å²) in [6, 6.07) is 4.62. The van der Waals surface area contributed by atoms with E-state index >= 15 is 0 Å². The number of carbonyl (C=O) groups excluding carboxylic acids is 2. The Morgan fingerprint density at radius 2 is 1.24 bits per heavy atom. The molecule has 0 spiro atoms. The molecule has 42 heavy (non-hydrogen) atoms. The molecule has 2 fully saturated rings. The second-order valence-electron chi connectivity index (χ2n) is 12.8. The van der Waals surface area contributed by atoms with E-state index in [4.69, 9.17) is 14.2 Å². The van der Waals surface area contributed by atoms with Crippen LogP contribution in [0.3, 0.4) is 0 Å². The molecule has 6 nitrogen and oxygen atoms in total. The zero-order valence-corrected chi connectivity index (χ0v) is 26.4. The lowest BCUT2D eigenvalue weighted by Gasteiger charge is -2.37. The largest absolute Gasteiger partial charge is 0.493 e. The van der Waals surface area contributed by atoms with E-state index in [9.17, 15) is 14.7 Å². The third kappa shape index (κ3) is 10.6. The Hall–Kier alpha value is -2.60. The number of benzene rings is 1. The fourth-order valence-corrected chi connectivity index (χ4v) is 6.60. The molecule has 0 saturated heterocycles. The van der Waals surface area contributed by atoms with Gasteiger partial charge in [0.25, 0.3) is 0 Å². The van der Waals surface area contributed by atoms with Crippen LogP contribution in [-0.2, 0) is 31.9 Å². The lowest BCUT2D eigenvalue weighted by Crippen LogP contribution is -2.25. The van der Waals surface area contributed by atoms with Crippen LogP contribution in [0.15, 0.2) is 36.4 Å². The SMILES string of the molecule is C=C(C)C(=O)OCCCc1cc(C2CCC(C3CCC(C)CC3)CC2)cc(CCCOC(=O)C(=C)C)c1OCCCO. The maximum atomic E-state index is 11.9. The van der Waals surface area contributed by atoms with E-state index in [0.29, 0.717) is 56.1 Å². The summed E-state index contributed by atoms with van der Waals surface area (Å²) in [5.41, 5.74) is 4.40. The molecular formula is C36H54O6. The first-order valence-corrected chi connectivity index (χ1v) is 16.2. The second-order valence-corrected chi connectivity index (χ2v) is 12.8. The van der Waals surface area contributed by atoms with Gasteiger partial charge in [0.05, 0.1) is 19.8 Å². The van der Waals surface area contributed by atoms with Crippen molar-refractivity contribution in [3.8, 4) is 5.75 Å². The molecule has 2 aliphatic rings. The number of rotatable bonds is 16. The van der Waals surface area contributed by atoms with Gasteiger partial charge in [-0.1, -0.05) is 45.1 Å². The minimum atomic E-state index is -0.364. The van der Waals surface area contributed by atoms with Crippen molar-refractivity contribution in [3.63, 3.8) is 0 Å². The van der Waals surface area contributed by atoms with Gasteiger partial charge in [-0.15, -0.1) is 0 Å². The smallest absolute Gasteiger partial charge is 0.333 e. The van der Waals surface area contributed by atoms with Crippen LogP contribution in [0.1, 0.15) is 114 Å². The first kappa shape index (κ1) is 33.9. The van der Waals surface area contributed by atoms with Crippen LogP contribution in [0.4, 0.5) is 0 Å². The number of aliphatic hydroxyl groups is 1. The maximum Gasteiger partial charge on any atom is 0.333 e. The molecule has 0 aliphatic heterocycles. The molecule has 6 heteroatoms. The summed E-state index contributed by atoms with van der Waals surface area (Å²) in [7, 11) is 0. The van der Waals surface area contributed by atoms with Gasteiger partial charge in [-0.05, 0) is 118 Å². The number of esters is 2. The highest BCUT2D eigenvalue weighted by atomic mass is 16.5. The average Bonchev–Trinajstić information content (AvgIpc) is 2.98. The number of hydrogen-bond donors (Lipinski definition) is 1. The molecule has 0 heterocycles. The highest BCUT2D eigenvalue weighted by Gasteiger charge is 2.31. The summed E-state index contributed by atoms with van der Waals surface area (Å²) in [5, 5.41) is 9.37. The highest BCUT2D eigenvalue weighted by molar-refractivity contribution is 5.87. The molecule has 0 atom stereocenters. The van der Waals surface area contributed by atoms with E-state index in [1.807, 2.05) is 0 Å². The van der Waals surface area contributed by atoms with Gasteiger partial charge < -0.3 is 19.3 Å². The van der Waals surface area contributed by atoms with E-state index in [1.165, 1.54) is 56.9 Å². The number of aliphatic hydroxyl groups excluding tert-OH is 1. The van der Waals surface area contributed by atoms with Crippen LogP contribution in [0, 0.1) is 17.8 Å². The maximum absolute atomic E-state index is 11.9. The van der Waals surface area contributed by atoms with Crippen LogP contribution in [0.2, 0.25) is 0 Å². The molecule has 0 bridgehead atoms. The Balaban J connectivity index is 1.77. The van der Waals surface area contributed by atoms with Crippen LogP contribution < -0.4 is 4.74 Å². The molecule has 0 amide bonds. The number of carbonyl (C=O) groups is 2. The molecule has 3 rings (SSSR count). The summed E-state index contributed by atoms with van der Waals surface area (Å²) in [4.78, 5) is 23.8. The molecule has 1 N–H and O–H groups in total. The lowest BCUT2D eigenvalue weighted by atomic mass is 9.68. The van der Waals surface area contributed by atoms with Crippen molar-refractivity contribution in [1.82, 2.24) is 0 Å². The van der Waals surface area contributed by atoms with Crippen molar-refractivity contribution in [3.05, 3.63) is 53.1 Å². The Kier molecular flexibility index (Phi) is 14.1. The molecule has 0 radical (unpaired) electrons. The Morgan fingerprint density at radius 3 is 1.69 bits per heavy atom. The molecule has 234 valence electrons. The fourth-order valence-electron chi connectivity index (χ4n) is 6.60. The van der Waals surface area contributed by atoms with Crippen molar-refractivity contribution in [2.75, 3.05) is 26.4 Å². The topological polar surface area (TPSA) is 82.1 Å². The van der Waals surface area contributed by atoms with E-state index in [-0.39, 0.29) is 18.5 Å². The zero-order valence-electron chi connectivity index (χ0n) is 26.4. The van der Waals surface area contributed by atoms with Gasteiger partial charge in [0, 0.05) is 24.2 Å². The van der Waals surface area contributed by atoms with Gasteiger partial charge in [-0.3, -0.25) is 0 Å². The minimum Gasteiger partial charge on any atom is -0.493 e. The van der Waals surface area contributed by atoms with Gasteiger partial charge in [0.1, 0.15) is 5.75 Å². The average molecular weight is 583 g/mol. The van der Waals surface area contributed by atoms with Crippen LogP contribution in [0.5, 0.6) is 5.75 Å². The quantitative estimate of drug-likeness (QED) is 0.122. The summed E-state index contributed by atoms with van der Waals surface area (Å²) in [5.74, 6) is 3.31. The van der Waals surface area contributed by atoms with Gasteiger partial charge in [0.15, 0.2) is 0 Å². The van der Waals surface area contributed by atoms with Crippen molar-refractivity contribution in [2.45, 2.75) is 110 Å². The Morgan fingerprint density at radius 1 is 0.762 bits per heavy atom. The monoisotopic (exact) mass is 582 g/mol. The highest BCUT2D eigenvalue weighted by Crippen LogP contribution is 2.45. The zero-order chi connectivity index (χ0) is 30.5. The molecular weight excluding hydrogens is 528 g/mol. The van der Waals surface area contributed by atoms with Crippen LogP contribution in [-0.4, -0.2) is 43.5 Å². The van der Waals surface area contributed by atoms with E-state index in [1.54, 1.807) is 13.8 Å². The Labute approximate surface area is 253 Å².